The lowest BCUT2D eigenvalue weighted by molar-refractivity contribution is -0.0864. The third-order valence-corrected chi connectivity index (χ3v) is 4.38. The van der Waals surface area contributed by atoms with Gasteiger partial charge >= 0.3 is 0 Å². The maximum Gasteiger partial charge on any atom is 0.122 e. The van der Waals surface area contributed by atoms with Gasteiger partial charge in [0.2, 0.25) is 0 Å². The molecule has 0 saturated carbocycles. The van der Waals surface area contributed by atoms with Crippen molar-refractivity contribution in [2.24, 2.45) is 5.73 Å². The van der Waals surface area contributed by atoms with Crippen LogP contribution in [0.5, 0.6) is 0 Å². The molecule has 0 bridgehead atoms. The number of hydrogen-bond donors (Lipinski definition) is 2. The number of nitrogens with two attached hydrogens (primary N) is 1. The summed E-state index contributed by atoms with van der Waals surface area (Å²) in [7, 11) is 0. The van der Waals surface area contributed by atoms with Crippen LogP contribution in [0.3, 0.4) is 0 Å². The highest BCUT2D eigenvalue weighted by Gasteiger charge is 2.34. The van der Waals surface area contributed by atoms with Crippen LogP contribution >= 0.6 is 12.2 Å². The lowest BCUT2D eigenvalue weighted by Gasteiger charge is -2.40. The smallest absolute Gasteiger partial charge is 0.122 e. The Labute approximate surface area is 126 Å². The molecule has 3 N–H and O–H groups in total. The monoisotopic (exact) mass is 293 g/mol. The van der Waals surface area contributed by atoms with E-state index in [1.54, 1.807) is 6.20 Å². The van der Waals surface area contributed by atoms with Crippen molar-refractivity contribution >= 4 is 22.9 Å². The Bertz CT molecular complexity index is 457. The van der Waals surface area contributed by atoms with Crippen molar-refractivity contribution in [3.63, 3.8) is 0 Å². The van der Waals surface area contributed by atoms with Gasteiger partial charge in [0.25, 0.3) is 0 Å². The van der Waals surface area contributed by atoms with Crippen molar-refractivity contribution in [2.75, 3.05) is 11.9 Å². The fourth-order valence-electron chi connectivity index (χ4n) is 2.75. The van der Waals surface area contributed by atoms with Crippen LogP contribution in [0.2, 0.25) is 0 Å². The minimum Gasteiger partial charge on any atom is -0.388 e. The van der Waals surface area contributed by atoms with Gasteiger partial charge in [-0.25, -0.2) is 0 Å². The second kappa shape index (κ2) is 6.50. The third kappa shape index (κ3) is 3.46. The molecule has 2 heterocycles. The number of nitrogens with zero attached hydrogens (tertiary/aromatic N) is 1. The first-order valence-electron chi connectivity index (χ1n) is 7.25. The highest BCUT2D eigenvalue weighted by atomic mass is 32.1. The minimum atomic E-state index is 0.0299. The zero-order chi connectivity index (χ0) is 14.6. The quantitative estimate of drug-likeness (QED) is 0.818. The van der Waals surface area contributed by atoms with Crippen molar-refractivity contribution < 1.29 is 4.74 Å². The lowest BCUT2D eigenvalue weighted by atomic mass is 9.86. The van der Waals surface area contributed by atoms with E-state index in [9.17, 15) is 0 Å². The van der Waals surface area contributed by atoms with Crippen LogP contribution in [-0.4, -0.2) is 28.2 Å². The van der Waals surface area contributed by atoms with Gasteiger partial charge in [-0.1, -0.05) is 26.1 Å². The molecule has 4 nitrogen and oxygen atoms in total. The standard InChI is InChI=1S/C15H23N3OS/c1-3-15(4-2)9-11(7-8-19-15)18-12-5-6-13(14(16)20)17-10-12/h5-6,10-11,18H,3-4,7-9H2,1-2H3,(H2,16,20). The van der Waals surface area contributed by atoms with Gasteiger partial charge in [-0.15, -0.1) is 0 Å². The molecule has 0 radical (unpaired) electrons. The van der Waals surface area contributed by atoms with E-state index in [1.165, 1.54) is 0 Å². The Morgan fingerprint density at radius 2 is 2.25 bits per heavy atom. The number of ether oxygens (including phenoxy) is 1. The summed E-state index contributed by atoms with van der Waals surface area (Å²) in [6.07, 6.45) is 5.97. The van der Waals surface area contributed by atoms with Gasteiger partial charge in [0.05, 0.1) is 23.2 Å². The predicted octanol–water partition coefficient (Wildman–Crippen LogP) is 2.87. The summed E-state index contributed by atoms with van der Waals surface area (Å²) in [5.41, 5.74) is 7.25. The van der Waals surface area contributed by atoms with Gasteiger partial charge in [0.15, 0.2) is 0 Å². The second-order valence-electron chi connectivity index (χ2n) is 5.37. The SMILES string of the molecule is CCC1(CC)CC(Nc2ccc(C(N)=S)nc2)CCO1. The molecule has 1 aliphatic rings. The van der Waals surface area contributed by atoms with Crippen molar-refractivity contribution in [1.82, 2.24) is 4.98 Å². The van der Waals surface area contributed by atoms with Gasteiger partial charge in [0.1, 0.15) is 4.99 Å². The van der Waals surface area contributed by atoms with Crippen LogP contribution < -0.4 is 11.1 Å². The van der Waals surface area contributed by atoms with E-state index in [0.29, 0.717) is 16.7 Å². The van der Waals surface area contributed by atoms with Crippen molar-refractivity contribution in [3.8, 4) is 0 Å². The molecule has 1 aromatic rings. The summed E-state index contributed by atoms with van der Waals surface area (Å²) in [4.78, 5) is 4.59. The molecule has 0 aromatic carbocycles. The second-order valence-corrected chi connectivity index (χ2v) is 5.81. The molecule has 2 rings (SSSR count). The van der Waals surface area contributed by atoms with E-state index < -0.39 is 0 Å². The summed E-state index contributed by atoms with van der Waals surface area (Å²) >= 11 is 4.91. The number of thiocarbonyl (C=S) groups is 1. The number of pyridine rings is 1. The Morgan fingerprint density at radius 1 is 1.50 bits per heavy atom. The molecule has 0 amide bonds. The zero-order valence-corrected chi connectivity index (χ0v) is 13.0. The van der Waals surface area contributed by atoms with E-state index in [-0.39, 0.29) is 5.60 Å². The molecule has 1 atom stereocenters. The van der Waals surface area contributed by atoms with Gasteiger partial charge in [0, 0.05) is 12.6 Å². The van der Waals surface area contributed by atoms with E-state index >= 15 is 0 Å². The molecule has 1 aliphatic heterocycles. The Morgan fingerprint density at radius 3 is 2.80 bits per heavy atom. The highest BCUT2D eigenvalue weighted by Crippen LogP contribution is 2.32. The summed E-state index contributed by atoms with van der Waals surface area (Å²) < 4.78 is 5.99. The third-order valence-electron chi connectivity index (χ3n) is 4.17. The Balaban J connectivity index is 2.00. The van der Waals surface area contributed by atoms with E-state index in [0.717, 1.165) is 38.0 Å². The van der Waals surface area contributed by atoms with Crippen molar-refractivity contribution in [1.29, 1.82) is 0 Å². The first kappa shape index (κ1) is 15.2. The highest BCUT2D eigenvalue weighted by molar-refractivity contribution is 7.80. The molecule has 5 heteroatoms. The first-order chi connectivity index (χ1) is 9.58. The van der Waals surface area contributed by atoms with Crippen LogP contribution in [0.15, 0.2) is 18.3 Å². The van der Waals surface area contributed by atoms with Crippen molar-refractivity contribution in [3.05, 3.63) is 24.0 Å². The molecule has 1 unspecified atom stereocenters. The molecular formula is C15H23N3OS. The average Bonchev–Trinajstić information content (AvgIpc) is 2.48. The van der Waals surface area contributed by atoms with Gasteiger partial charge in [-0.2, -0.15) is 0 Å². The summed E-state index contributed by atoms with van der Waals surface area (Å²) in [5, 5.41) is 3.54. The fourth-order valence-corrected chi connectivity index (χ4v) is 2.88. The van der Waals surface area contributed by atoms with Crippen LogP contribution in [0.4, 0.5) is 5.69 Å². The summed E-state index contributed by atoms with van der Waals surface area (Å²) in [6, 6.07) is 4.27. The number of nitrogens with one attached hydrogen (secondary N) is 1. The van der Waals surface area contributed by atoms with Crippen LogP contribution in [-0.2, 0) is 4.74 Å². The van der Waals surface area contributed by atoms with Crippen molar-refractivity contribution in [2.45, 2.75) is 51.2 Å². The fraction of sp³-hybridized carbons (Fsp3) is 0.600. The van der Waals surface area contributed by atoms with Gasteiger partial charge in [-0.3, -0.25) is 4.98 Å². The minimum absolute atomic E-state index is 0.0299. The Hall–Kier alpha value is -1.20. The number of rotatable bonds is 5. The zero-order valence-electron chi connectivity index (χ0n) is 12.2. The van der Waals surface area contributed by atoms with Crippen LogP contribution in [0, 0.1) is 0 Å². The van der Waals surface area contributed by atoms with Crippen LogP contribution in [0.1, 0.15) is 45.2 Å². The van der Waals surface area contributed by atoms with Crippen LogP contribution in [0.25, 0.3) is 0 Å². The largest absolute Gasteiger partial charge is 0.388 e. The van der Waals surface area contributed by atoms with E-state index in [2.05, 4.69) is 24.1 Å². The number of aromatic nitrogens is 1. The number of anilines is 1. The summed E-state index contributed by atoms with van der Waals surface area (Å²) in [5.74, 6) is 0. The normalized spacial score (nSPS) is 21.4. The van der Waals surface area contributed by atoms with Gasteiger partial charge < -0.3 is 15.8 Å². The molecule has 1 saturated heterocycles. The molecule has 0 aliphatic carbocycles. The van der Waals surface area contributed by atoms with E-state index in [1.807, 2.05) is 12.1 Å². The number of hydrogen-bond acceptors (Lipinski definition) is 4. The summed E-state index contributed by atoms with van der Waals surface area (Å²) in [6.45, 7) is 5.21. The molecule has 1 aromatic heterocycles. The lowest BCUT2D eigenvalue weighted by Crippen LogP contribution is -2.43. The molecular weight excluding hydrogens is 270 g/mol. The molecule has 0 spiro atoms. The molecule has 1 fully saturated rings. The van der Waals surface area contributed by atoms with Gasteiger partial charge in [-0.05, 0) is 37.8 Å². The molecule has 20 heavy (non-hydrogen) atoms. The predicted molar refractivity (Wildman–Crippen MR) is 86.0 cm³/mol. The maximum absolute atomic E-state index is 5.99. The Kier molecular flexibility index (Phi) is 4.94. The average molecular weight is 293 g/mol. The maximum atomic E-state index is 5.99. The topological polar surface area (TPSA) is 60.2 Å². The molecule has 110 valence electrons. The van der Waals surface area contributed by atoms with E-state index in [4.69, 9.17) is 22.7 Å². The first-order valence-corrected chi connectivity index (χ1v) is 7.66.